The van der Waals surface area contributed by atoms with Crippen LogP contribution in [0.15, 0.2) is 35.7 Å². The second kappa shape index (κ2) is 6.03. The molecule has 1 N–H and O–H groups in total. The van der Waals surface area contributed by atoms with Crippen molar-refractivity contribution in [1.29, 1.82) is 0 Å². The number of H-pyrrole nitrogens is 1. The van der Waals surface area contributed by atoms with Gasteiger partial charge in [0, 0.05) is 11.4 Å². The Labute approximate surface area is 133 Å². The number of para-hydroxylation sites is 1. The predicted molar refractivity (Wildman–Crippen MR) is 90.9 cm³/mol. The fourth-order valence-electron chi connectivity index (χ4n) is 2.40. The van der Waals surface area contributed by atoms with Crippen LogP contribution in [0, 0.1) is 4.77 Å². The highest BCUT2D eigenvalue weighted by Crippen LogP contribution is 2.26. The average Bonchev–Trinajstić information content (AvgIpc) is 3.04. The van der Waals surface area contributed by atoms with E-state index in [-0.39, 0.29) is 6.10 Å². The molecule has 0 aliphatic heterocycles. The van der Waals surface area contributed by atoms with Gasteiger partial charge in [-0.05, 0) is 56.1 Å². The lowest BCUT2D eigenvalue weighted by atomic mass is 10.2. The van der Waals surface area contributed by atoms with Crippen LogP contribution in [0.2, 0.25) is 0 Å². The summed E-state index contributed by atoms with van der Waals surface area (Å²) in [7, 11) is 0. The topological polar surface area (TPSA) is 29.9 Å². The Bertz CT molecular complexity index is 784. The van der Waals surface area contributed by atoms with Crippen LogP contribution in [-0.2, 0) is 13.0 Å². The van der Waals surface area contributed by atoms with Crippen molar-refractivity contribution in [2.75, 3.05) is 0 Å². The fraction of sp³-hybridized carbons (Fsp3) is 0.312. The number of imidazole rings is 1. The standard InChI is InChI=1S/C16H18N2OS2/c1-11(2)19-14-7-3-6-13-15(14)17-16(20)18(13)9-8-12-5-4-10-21-12/h3-7,10-11H,8-9H2,1-2H3,(H,17,20). The van der Waals surface area contributed by atoms with Gasteiger partial charge in [-0.3, -0.25) is 0 Å². The van der Waals surface area contributed by atoms with Crippen LogP contribution in [0.25, 0.3) is 11.0 Å². The van der Waals surface area contributed by atoms with Crippen molar-refractivity contribution >= 4 is 34.6 Å². The number of aromatic amines is 1. The minimum Gasteiger partial charge on any atom is -0.489 e. The predicted octanol–water partition coefficient (Wildman–Crippen LogP) is 4.79. The van der Waals surface area contributed by atoms with Gasteiger partial charge in [0.25, 0.3) is 0 Å². The molecule has 0 spiro atoms. The number of ether oxygens (including phenoxy) is 1. The number of hydrogen-bond donors (Lipinski definition) is 1. The van der Waals surface area contributed by atoms with Crippen LogP contribution >= 0.6 is 23.6 Å². The van der Waals surface area contributed by atoms with Crippen molar-refractivity contribution in [2.24, 2.45) is 0 Å². The highest BCUT2D eigenvalue weighted by Gasteiger charge is 2.10. The molecule has 0 bridgehead atoms. The van der Waals surface area contributed by atoms with Gasteiger partial charge >= 0.3 is 0 Å². The summed E-state index contributed by atoms with van der Waals surface area (Å²) in [6.07, 6.45) is 1.14. The van der Waals surface area contributed by atoms with E-state index in [2.05, 4.69) is 33.1 Å². The third kappa shape index (κ3) is 3.04. The molecule has 0 unspecified atom stereocenters. The Morgan fingerprint density at radius 2 is 2.14 bits per heavy atom. The van der Waals surface area contributed by atoms with Crippen LogP contribution in [0.3, 0.4) is 0 Å². The summed E-state index contributed by atoms with van der Waals surface area (Å²) in [5, 5.41) is 2.11. The Balaban J connectivity index is 1.95. The first-order valence-corrected chi connectivity index (χ1v) is 8.34. The van der Waals surface area contributed by atoms with Crippen molar-refractivity contribution in [2.45, 2.75) is 32.9 Å². The van der Waals surface area contributed by atoms with Crippen LogP contribution in [0.4, 0.5) is 0 Å². The molecule has 0 amide bonds. The van der Waals surface area contributed by atoms with E-state index < -0.39 is 0 Å². The smallest absolute Gasteiger partial charge is 0.178 e. The zero-order chi connectivity index (χ0) is 14.8. The normalized spacial score (nSPS) is 11.4. The molecule has 110 valence electrons. The van der Waals surface area contributed by atoms with Gasteiger partial charge in [0.15, 0.2) is 4.77 Å². The van der Waals surface area contributed by atoms with Gasteiger partial charge in [0.1, 0.15) is 11.3 Å². The molecule has 3 nitrogen and oxygen atoms in total. The lowest BCUT2D eigenvalue weighted by Gasteiger charge is -2.10. The number of rotatable bonds is 5. The minimum absolute atomic E-state index is 0.145. The molecule has 2 heterocycles. The van der Waals surface area contributed by atoms with E-state index >= 15 is 0 Å². The third-order valence-corrected chi connectivity index (χ3v) is 4.56. The second-order valence-corrected chi connectivity index (χ2v) is 6.65. The van der Waals surface area contributed by atoms with Crippen molar-refractivity contribution in [1.82, 2.24) is 9.55 Å². The molecule has 21 heavy (non-hydrogen) atoms. The number of aryl methyl sites for hydroxylation is 2. The number of hydrogen-bond acceptors (Lipinski definition) is 3. The Hall–Kier alpha value is -1.59. The summed E-state index contributed by atoms with van der Waals surface area (Å²) in [6.45, 7) is 4.94. The summed E-state index contributed by atoms with van der Waals surface area (Å²) in [5.41, 5.74) is 2.09. The number of aromatic nitrogens is 2. The molecule has 0 fully saturated rings. The van der Waals surface area contributed by atoms with Gasteiger partial charge < -0.3 is 14.3 Å². The van der Waals surface area contributed by atoms with Gasteiger partial charge in [-0.15, -0.1) is 11.3 Å². The van der Waals surface area contributed by atoms with Crippen LogP contribution in [-0.4, -0.2) is 15.7 Å². The number of nitrogens with zero attached hydrogens (tertiary/aromatic N) is 1. The van der Waals surface area contributed by atoms with Gasteiger partial charge in [-0.2, -0.15) is 0 Å². The van der Waals surface area contributed by atoms with Gasteiger partial charge in [0.2, 0.25) is 0 Å². The Morgan fingerprint density at radius 3 is 2.86 bits per heavy atom. The number of nitrogens with one attached hydrogen (secondary N) is 1. The van der Waals surface area contributed by atoms with E-state index in [1.165, 1.54) is 4.88 Å². The maximum absolute atomic E-state index is 5.86. The lowest BCUT2D eigenvalue weighted by Crippen LogP contribution is -2.06. The van der Waals surface area contributed by atoms with Crippen LogP contribution in [0.5, 0.6) is 5.75 Å². The van der Waals surface area contributed by atoms with E-state index in [4.69, 9.17) is 17.0 Å². The van der Waals surface area contributed by atoms with E-state index in [0.717, 1.165) is 34.5 Å². The molecule has 0 saturated heterocycles. The zero-order valence-corrected chi connectivity index (χ0v) is 13.8. The monoisotopic (exact) mass is 318 g/mol. The van der Waals surface area contributed by atoms with Gasteiger partial charge in [-0.1, -0.05) is 12.1 Å². The SMILES string of the molecule is CC(C)Oc1cccc2c1[nH]c(=S)n2CCc1cccs1. The highest BCUT2D eigenvalue weighted by atomic mass is 32.1. The Morgan fingerprint density at radius 1 is 1.29 bits per heavy atom. The van der Waals surface area contributed by atoms with Crippen molar-refractivity contribution in [3.8, 4) is 5.75 Å². The zero-order valence-electron chi connectivity index (χ0n) is 12.1. The molecule has 1 aromatic carbocycles. The number of thiophene rings is 1. The minimum atomic E-state index is 0.145. The maximum atomic E-state index is 5.86. The Kier molecular flexibility index (Phi) is 4.12. The first kappa shape index (κ1) is 14.4. The van der Waals surface area contributed by atoms with E-state index in [9.17, 15) is 0 Å². The van der Waals surface area contributed by atoms with E-state index in [1.807, 2.05) is 26.0 Å². The first-order valence-electron chi connectivity index (χ1n) is 7.05. The van der Waals surface area contributed by atoms with E-state index in [1.54, 1.807) is 11.3 Å². The fourth-order valence-corrected chi connectivity index (χ4v) is 3.39. The maximum Gasteiger partial charge on any atom is 0.178 e. The summed E-state index contributed by atoms with van der Waals surface area (Å²) in [6, 6.07) is 10.3. The molecule has 3 rings (SSSR count). The summed E-state index contributed by atoms with van der Waals surface area (Å²) >= 11 is 7.26. The summed E-state index contributed by atoms with van der Waals surface area (Å²) in [4.78, 5) is 4.66. The second-order valence-electron chi connectivity index (χ2n) is 5.23. The van der Waals surface area contributed by atoms with Gasteiger partial charge in [0.05, 0.1) is 11.6 Å². The van der Waals surface area contributed by atoms with Gasteiger partial charge in [-0.25, -0.2) is 0 Å². The molecular formula is C16H18N2OS2. The molecular weight excluding hydrogens is 300 g/mol. The summed E-state index contributed by atoms with van der Waals surface area (Å²) in [5.74, 6) is 0.864. The summed E-state index contributed by atoms with van der Waals surface area (Å²) < 4.78 is 8.76. The molecule has 2 aromatic heterocycles. The molecule has 0 aliphatic carbocycles. The lowest BCUT2D eigenvalue weighted by molar-refractivity contribution is 0.245. The molecule has 0 atom stereocenters. The van der Waals surface area contributed by atoms with Crippen LogP contribution < -0.4 is 4.74 Å². The van der Waals surface area contributed by atoms with Crippen LogP contribution in [0.1, 0.15) is 18.7 Å². The molecule has 3 aromatic rings. The number of fused-ring (bicyclic) bond motifs is 1. The molecule has 0 aliphatic rings. The molecule has 0 saturated carbocycles. The van der Waals surface area contributed by atoms with Crippen molar-refractivity contribution in [3.05, 3.63) is 45.4 Å². The third-order valence-electron chi connectivity index (χ3n) is 3.30. The van der Waals surface area contributed by atoms with Crippen molar-refractivity contribution < 1.29 is 4.74 Å². The molecule has 0 radical (unpaired) electrons. The average molecular weight is 318 g/mol. The van der Waals surface area contributed by atoms with E-state index in [0.29, 0.717) is 0 Å². The first-order chi connectivity index (χ1) is 10.1. The molecule has 5 heteroatoms. The highest BCUT2D eigenvalue weighted by molar-refractivity contribution is 7.71. The van der Waals surface area contributed by atoms with Crippen molar-refractivity contribution in [3.63, 3.8) is 0 Å². The quantitative estimate of drug-likeness (QED) is 0.685. The number of benzene rings is 1. The largest absolute Gasteiger partial charge is 0.489 e.